The summed E-state index contributed by atoms with van der Waals surface area (Å²) in [5, 5.41) is 23.3. The lowest BCUT2D eigenvalue weighted by molar-refractivity contribution is -0.116. The van der Waals surface area contributed by atoms with Gasteiger partial charge in [0.25, 0.3) is 0 Å². The van der Waals surface area contributed by atoms with Gasteiger partial charge >= 0.3 is 0 Å². The molecule has 1 amide bonds. The van der Waals surface area contributed by atoms with Crippen molar-refractivity contribution in [2.45, 2.75) is 25.7 Å². The first kappa shape index (κ1) is 23.6. The minimum Gasteiger partial charge on any atom is -0.507 e. The van der Waals surface area contributed by atoms with Crippen LogP contribution in [0, 0.1) is 11.3 Å². The molecule has 34 heavy (non-hydrogen) atoms. The van der Waals surface area contributed by atoms with Gasteiger partial charge in [-0.15, -0.1) is 0 Å². The van der Waals surface area contributed by atoms with E-state index in [9.17, 15) is 15.2 Å². The second kappa shape index (κ2) is 10.6. The van der Waals surface area contributed by atoms with Gasteiger partial charge in [0.05, 0.1) is 5.69 Å². The number of nitrogen functional groups attached to an aromatic ring is 1. The van der Waals surface area contributed by atoms with Gasteiger partial charge in [0.2, 0.25) is 5.91 Å². The Kier molecular flexibility index (Phi) is 7.31. The summed E-state index contributed by atoms with van der Waals surface area (Å²) in [5.74, 6) is -0.000319. The number of hydrogen-bond acceptors (Lipinski definition) is 6. The zero-order chi connectivity index (χ0) is 24.1. The number of para-hydroxylation sites is 1. The van der Waals surface area contributed by atoms with E-state index in [0.29, 0.717) is 39.5 Å². The Hall–Kier alpha value is -3.60. The number of benzene rings is 2. The highest BCUT2D eigenvalue weighted by molar-refractivity contribution is 6.33. The molecule has 0 spiro atoms. The van der Waals surface area contributed by atoms with Crippen molar-refractivity contribution in [2.24, 2.45) is 0 Å². The number of nitrogens with zero attached hydrogens (tertiary/aromatic N) is 3. The smallest absolute Gasteiger partial charge is 0.225 e. The fraction of sp³-hybridized carbons (Fsp3) is 0.269. The van der Waals surface area contributed by atoms with Crippen LogP contribution in [0.25, 0.3) is 22.4 Å². The van der Waals surface area contributed by atoms with Crippen LogP contribution in [0.15, 0.2) is 48.5 Å². The second-order valence-corrected chi connectivity index (χ2v) is 8.75. The molecular weight excluding hydrogens is 450 g/mol. The predicted molar refractivity (Wildman–Crippen MR) is 134 cm³/mol. The number of phenolic OH excluding ortho intramolecular Hbond substituents is 1. The maximum atomic E-state index is 12.6. The van der Waals surface area contributed by atoms with E-state index >= 15 is 0 Å². The van der Waals surface area contributed by atoms with Gasteiger partial charge in [0.15, 0.2) is 0 Å². The summed E-state index contributed by atoms with van der Waals surface area (Å²) in [4.78, 5) is 19.2. The van der Waals surface area contributed by atoms with Crippen molar-refractivity contribution >= 4 is 29.0 Å². The summed E-state index contributed by atoms with van der Waals surface area (Å²) in [7, 11) is 0. The van der Waals surface area contributed by atoms with E-state index in [1.807, 2.05) is 0 Å². The molecule has 8 heteroatoms. The number of anilines is 2. The van der Waals surface area contributed by atoms with Crippen molar-refractivity contribution in [3.8, 4) is 34.2 Å². The molecule has 7 nitrogen and oxygen atoms in total. The zero-order valence-corrected chi connectivity index (χ0v) is 19.5. The van der Waals surface area contributed by atoms with E-state index < -0.39 is 0 Å². The van der Waals surface area contributed by atoms with E-state index in [0.717, 1.165) is 19.6 Å². The SMILES string of the molecule is N#Cc1c(-c2cc(NC(=O)CCN3CCCCC3)ccc2Cl)cc(-c2ccccc2O)nc1N. The fourth-order valence-corrected chi connectivity index (χ4v) is 4.42. The molecule has 0 atom stereocenters. The number of nitrogens with one attached hydrogen (secondary N) is 1. The molecule has 0 unspecified atom stereocenters. The first-order chi connectivity index (χ1) is 16.5. The van der Waals surface area contributed by atoms with Crippen LogP contribution in [-0.4, -0.2) is 40.5 Å². The lowest BCUT2D eigenvalue weighted by atomic mass is 9.97. The number of carbonyl (C=O) groups is 1. The van der Waals surface area contributed by atoms with E-state index in [-0.39, 0.29) is 23.0 Å². The zero-order valence-electron chi connectivity index (χ0n) is 18.7. The van der Waals surface area contributed by atoms with Gasteiger partial charge in [-0.3, -0.25) is 4.79 Å². The number of rotatable bonds is 6. The molecular formula is C26H26ClN5O2. The first-order valence-electron chi connectivity index (χ1n) is 11.3. The van der Waals surface area contributed by atoms with Crippen molar-refractivity contribution in [2.75, 3.05) is 30.7 Å². The van der Waals surface area contributed by atoms with Crippen LogP contribution >= 0.6 is 11.6 Å². The fourth-order valence-electron chi connectivity index (χ4n) is 4.20. The first-order valence-corrected chi connectivity index (χ1v) is 11.6. The van der Waals surface area contributed by atoms with Crippen molar-refractivity contribution < 1.29 is 9.90 Å². The molecule has 1 aromatic heterocycles. The van der Waals surface area contributed by atoms with Crippen LogP contribution in [0.2, 0.25) is 5.02 Å². The summed E-state index contributed by atoms with van der Waals surface area (Å²) in [6.45, 7) is 2.81. The topological polar surface area (TPSA) is 115 Å². The molecule has 2 aromatic carbocycles. The summed E-state index contributed by atoms with van der Waals surface area (Å²) in [6.07, 6.45) is 4.02. The second-order valence-electron chi connectivity index (χ2n) is 8.34. The highest BCUT2D eigenvalue weighted by Crippen LogP contribution is 2.38. The molecule has 3 aromatic rings. The number of amides is 1. The molecule has 1 aliphatic rings. The number of piperidine rings is 1. The molecule has 0 radical (unpaired) electrons. The van der Waals surface area contributed by atoms with Crippen molar-refractivity contribution in [3.63, 3.8) is 0 Å². The maximum absolute atomic E-state index is 12.6. The summed E-state index contributed by atoms with van der Waals surface area (Å²) in [6, 6.07) is 15.7. The van der Waals surface area contributed by atoms with E-state index in [1.54, 1.807) is 48.5 Å². The highest BCUT2D eigenvalue weighted by atomic mass is 35.5. The Morgan fingerprint density at radius 3 is 2.62 bits per heavy atom. The monoisotopic (exact) mass is 475 g/mol. The Balaban J connectivity index is 1.62. The number of aromatic hydroxyl groups is 1. The van der Waals surface area contributed by atoms with Crippen molar-refractivity contribution in [3.05, 3.63) is 59.1 Å². The van der Waals surface area contributed by atoms with Crippen LogP contribution < -0.4 is 11.1 Å². The molecule has 2 heterocycles. The molecule has 0 bridgehead atoms. The summed E-state index contributed by atoms with van der Waals surface area (Å²) < 4.78 is 0. The predicted octanol–water partition coefficient (Wildman–Crippen LogP) is 5.04. The van der Waals surface area contributed by atoms with Crippen LogP contribution in [-0.2, 0) is 4.79 Å². The largest absolute Gasteiger partial charge is 0.507 e. The molecule has 1 fully saturated rings. The lowest BCUT2D eigenvalue weighted by Gasteiger charge is -2.25. The van der Waals surface area contributed by atoms with Gasteiger partial charge in [-0.25, -0.2) is 4.98 Å². The quantitative estimate of drug-likeness (QED) is 0.459. The molecule has 4 rings (SSSR count). The summed E-state index contributed by atoms with van der Waals surface area (Å²) >= 11 is 6.50. The number of carbonyl (C=O) groups excluding carboxylic acids is 1. The number of hydrogen-bond donors (Lipinski definition) is 3. The van der Waals surface area contributed by atoms with Gasteiger partial charge < -0.3 is 21.1 Å². The number of halogens is 1. The van der Waals surface area contributed by atoms with Crippen molar-refractivity contribution in [1.29, 1.82) is 5.26 Å². The number of phenols is 1. The Labute approximate surface area is 203 Å². The van der Waals surface area contributed by atoms with Gasteiger partial charge in [-0.1, -0.05) is 30.2 Å². The molecule has 4 N–H and O–H groups in total. The average molecular weight is 476 g/mol. The molecule has 1 aliphatic heterocycles. The maximum Gasteiger partial charge on any atom is 0.225 e. The Morgan fingerprint density at radius 2 is 1.88 bits per heavy atom. The number of nitrogens with two attached hydrogens (primary N) is 1. The third-order valence-electron chi connectivity index (χ3n) is 5.98. The number of likely N-dealkylation sites (tertiary alicyclic amines) is 1. The third kappa shape index (κ3) is 5.30. The molecule has 0 aliphatic carbocycles. The Bertz CT molecular complexity index is 1250. The van der Waals surface area contributed by atoms with E-state index in [1.165, 1.54) is 19.3 Å². The highest BCUT2D eigenvalue weighted by Gasteiger charge is 2.18. The number of nitriles is 1. The third-order valence-corrected chi connectivity index (χ3v) is 6.31. The van der Waals surface area contributed by atoms with Crippen LogP contribution in [0.5, 0.6) is 5.75 Å². The normalized spacial score (nSPS) is 13.9. The molecule has 0 saturated carbocycles. The average Bonchev–Trinajstić information content (AvgIpc) is 2.84. The minimum atomic E-state index is -0.0801. The Morgan fingerprint density at radius 1 is 1.12 bits per heavy atom. The van der Waals surface area contributed by atoms with E-state index in [4.69, 9.17) is 17.3 Å². The van der Waals surface area contributed by atoms with Gasteiger partial charge in [0, 0.05) is 40.4 Å². The van der Waals surface area contributed by atoms with Gasteiger partial charge in [0.1, 0.15) is 23.2 Å². The van der Waals surface area contributed by atoms with Gasteiger partial charge in [-0.05, 0) is 62.3 Å². The van der Waals surface area contributed by atoms with Crippen LogP contribution in [0.1, 0.15) is 31.2 Å². The van der Waals surface area contributed by atoms with E-state index in [2.05, 4.69) is 21.3 Å². The van der Waals surface area contributed by atoms with Gasteiger partial charge in [-0.2, -0.15) is 5.26 Å². The van der Waals surface area contributed by atoms with Crippen LogP contribution in [0.4, 0.5) is 11.5 Å². The summed E-state index contributed by atoms with van der Waals surface area (Å²) in [5.41, 5.74) is 8.77. The molecule has 174 valence electrons. The van der Waals surface area contributed by atoms with Crippen LogP contribution in [0.3, 0.4) is 0 Å². The van der Waals surface area contributed by atoms with Crippen molar-refractivity contribution in [1.82, 2.24) is 9.88 Å². The minimum absolute atomic E-state index is 0.0327. The number of aromatic nitrogens is 1. The lowest BCUT2D eigenvalue weighted by Crippen LogP contribution is -2.32. The molecule has 1 saturated heterocycles. The standard InChI is InChI=1S/C26H26ClN5O2/c27-22-9-8-17(30-25(34)10-13-32-11-4-1-5-12-32)14-20(22)19-15-23(31-26(29)21(19)16-28)18-6-2-3-7-24(18)33/h2-3,6-9,14-15,33H,1,4-5,10-13H2,(H2,29,31)(H,30,34). The number of pyridine rings is 1.